The highest BCUT2D eigenvalue weighted by atomic mass is 32.2. The molecule has 0 aromatic heterocycles. The lowest BCUT2D eigenvalue weighted by Gasteiger charge is -2.33. The number of sulfonamides is 1. The van der Waals surface area contributed by atoms with Crippen LogP contribution in [0, 0.1) is 0 Å². The van der Waals surface area contributed by atoms with Gasteiger partial charge in [0.05, 0.1) is 18.5 Å². The molecule has 0 bridgehead atoms. The van der Waals surface area contributed by atoms with Crippen LogP contribution in [-0.2, 0) is 14.8 Å². The fourth-order valence-electron chi connectivity index (χ4n) is 2.59. The van der Waals surface area contributed by atoms with E-state index in [1.807, 2.05) is 0 Å². The Hall–Kier alpha value is -3.07. The summed E-state index contributed by atoms with van der Waals surface area (Å²) >= 11 is 0. The average molecular weight is 375 g/mol. The van der Waals surface area contributed by atoms with E-state index < -0.39 is 27.9 Å². The summed E-state index contributed by atoms with van der Waals surface area (Å²) in [5.41, 5.74) is 6.32. The van der Waals surface area contributed by atoms with Crippen molar-refractivity contribution in [2.75, 3.05) is 22.4 Å². The Balaban J connectivity index is 1.81. The van der Waals surface area contributed by atoms with Crippen LogP contribution >= 0.6 is 0 Å². The molecule has 0 aliphatic carbocycles. The number of hydrogen-bond acceptors (Lipinski definition) is 5. The van der Waals surface area contributed by atoms with Crippen molar-refractivity contribution in [1.29, 1.82) is 0 Å². The summed E-state index contributed by atoms with van der Waals surface area (Å²) in [6.07, 6.45) is 0.0579. The van der Waals surface area contributed by atoms with Crippen molar-refractivity contribution in [1.82, 2.24) is 0 Å². The van der Waals surface area contributed by atoms with Crippen LogP contribution in [0.2, 0.25) is 0 Å². The van der Waals surface area contributed by atoms with E-state index in [9.17, 15) is 18.0 Å². The van der Waals surface area contributed by atoms with Gasteiger partial charge in [0.1, 0.15) is 5.75 Å². The fourth-order valence-corrected chi connectivity index (χ4v) is 3.51. The van der Waals surface area contributed by atoms with Gasteiger partial charge < -0.3 is 15.8 Å². The molecule has 0 saturated heterocycles. The number of hydrogen-bond donors (Lipinski definition) is 2. The zero-order valence-corrected chi connectivity index (χ0v) is 14.7. The van der Waals surface area contributed by atoms with Crippen LogP contribution in [0.4, 0.5) is 11.4 Å². The number of carbonyl (C=O) groups excluding carboxylic acids is 2. The van der Waals surface area contributed by atoms with Gasteiger partial charge in [0.25, 0.3) is 5.91 Å². The highest BCUT2D eigenvalue weighted by Gasteiger charge is 2.34. The van der Waals surface area contributed by atoms with Gasteiger partial charge in [-0.15, -0.1) is 0 Å². The van der Waals surface area contributed by atoms with Crippen LogP contribution < -0.4 is 20.1 Å². The molecule has 26 heavy (non-hydrogen) atoms. The first-order valence-electron chi connectivity index (χ1n) is 7.70. The minimum Gasteiger partial charge on any atom is -0.476 e. The van der Waals surface area contributed by atoms with Gasteiger partial charge in [-0.25, -0.2) is 8.42 Å². The third-order valence-electron chi connectivity index (χ3n) is 3.86. The molecule has 1 heterocycles. The molecule has 1 unspecified atom stereocenters. The number of primary amides is 1. The Kier molecular flexibility index (Phi) is 4.56. The van der Waals surface area contributed by atoms with Crippen LogP contribution in [0.5, 0.6) is 5.75 Å². The monoisotopic (exact) mass is 375 g/mol. The quantitative estimate of drug-likeness (QED) is 0.825. The molecule has 3 N–H and O–H groups in total. The molecule has 0 spiro atoms. The third kappa shape index (κ3) is 3.62. The SMILES string of the molecule is CS(=O)(=O)N1CC(C(=O)Nc2ccc(C(N)=O)cc2)Oc2ccccc21. The Morgan fingerprint density at radius 3 is 2.42 bits per heavy atom. The molecule has 9 heteroatoms. The number of carbonyl (C=O) groups is 2. The zero-order valence-electron chi connectivity index (χ0n) is 13.9. The van der Waals surface area contributed by atoms with E-state index in [1.54, 1.807) is 24.3 Å². The molecule has 1 aliphatic rings. The lowest BCUT2D eigenvalue weighted by Crippen LogP contribution is -2.48. The second-order valence-corrected chi connectivity index (χ2v) is 7.71. The maximum Gasteiger partial charge on any atom is 0.267 e. The average Bonchev–Trinajstić information content (AvgIpc) is 2.60. The number of fused-ring (bicyclic) bond motifs is 1. The van der Waals surface area contributed by atoms with Crippen molar-refractivity contribution in [3.8, 4) is 5.75 Å². The third-order valence-corrected chi connectivity index (χ3v) is 5.01. The number of benzene rings is 2. The van der Waals surface area contributed by atoms with E-state index in [-0.39, 0.29) is 6.54 Å². The van der Waals surface area contributed by atoms with Crippen molar-refractivity contribution in [2.24, 2.45) is 5.73 Å². The van der Waals surface area contributed by atoms with Crippen LogP contribution in [-0.4, -0.2) is 39.1 Å². The molecule has 136 valence electrons. The molecule has 2 amide bonds. The molecule has 1 aliphatic heterocycles. The number of rotatable bonds is 4. The number of anilines is 2. The molecule has 0 radical (unpaired) electrons. The van der Waals surface area contributed by atoms with E-state index in [4.69, 9.17) is 10.5 Å². The first kappa shape index (κ1) is 17.7. The summed E-state index contributed by atoms with van der Waals surface area (Å²) in [5.74, 6) is -0.757. The molecule has 0 saturated carbocycles. The van der Waals surface area contributed by atoms with Crippen molar-refractivity contribution in [3.63, 3.8) is 0 Å². The minimum atomic E-state index is -3.57. The predicted octanol–water partition coefficient (Wildman–Crippen LogP) is 0.951. The predicted molar refractivity (Wildman–Crippen MR) is 96.6 cm³/mol. The van der Waals surface area contributed by atoms with Gasteiger partial charge in [0, 0.05) is 11.3 Å². The molecule has 8 nitrogen and oxygen atoms in total. The van der Waals surface area contributed by atoms with E-state index in [0.717, 1.165) is 10.6 Å². The molecule has 3 rings (SSSR count). The summed E-state index contributed by atoms with van der Waals surface area (Å²) in [7, 11) is -3.57. The van der Waals surface area contributed by atoms with Crippen molar-refractivity contribution < 1.29 is 22.7 Å². The van der Waals surface area contributed by atoms with Crippen molar-refractivity contribution in [3.05, 3.63) is 54.1 Å². The summed E-state index contributed by atoms with van der Waals surface area (Å²) in [5, 5.41) is 2.64. The van der Waals surface area contributed by atoms with Gasteiger partial charge in [0.2, 0.25) is 15.9 Å². The van der Waals surface area contributed by atoms with Crippen molar-refractivity contribution >= 4 is 33.2 Å². The minimum absolute atomic E-state index is 0.138. The van der Waals surface area contributed by atoms with Gasteiger partial charge in [-0.2, -0.15) is 0 Å². The second-order valence-electron chi connectivity index (χ2n) is 5.80. The van der Waals surface area contributed by atoms with Crippen LogP contribution in [0.15, 0.2) is 48.5 Å². The number of nitrogens with zero attached hydrogens (tertiary/aromatic N) is 1. The summed E-state index contributed by atoms with van der Waals surface area (Å²) in [4.78, 5) is 23.6. The van der Waals surface area contributed by atoms with E-state index >= 15 is 0 Å². The van der Waals surface area contributed by atoms with Crippen LogP contribution in [0.1, 0.15) is 10.4 Å². The Labute approximate surface area is 150 Å². The smallest absolute Gasteiger partial charge is 0.267 e. The van der Waals surface area contributed by atoms with Gasteiger partial charge >= 0.3 is 0 Å². The largest absolute Gasteiger partial charge is 0.476 e. The van der Waals surface area contributed by atoms with Gasteiger partial charge in [-0.05, 0) is 36.4 Å². The van der Waals surface area contributed by atoms with Gasteiger partial charge in [0.15, 0.2) is 6.10 Å². The number of para-hydroxylation sites is 2. The summed E-state index contributed by atoms with van der Waals surface area (Å²) in [6, 6.07) is 12.6. The first-order chi connectivity index (χ1) is 12.3. The second kappa shape index (κ2) is 6.68. The van der Waals surface area contributed by atoms with Crippen molar-refractivity contribution in [2.45, 2.75) is 6.10 Å². The zero-order chi connectivity index (χ0) is 18.9. The molecule has 2 aromatic carbocycles. The maximum atomic E-state index is 12.5. The van der Waals surface area contributed by atoms with Crippen LogP contribution in [0.3, 0.4) is 0 Å². The Morgan fingerprint density at radius 1 is 1.15 bits per heavy atom. The fraction of sp³-hybridized carbons (Fsp3) is 0.176. The highest BCUT2D eigenvalue weighted by molar-refractivity contribution is 7.92. The first-order valence-corrected chi connectivity index (χ1v) is 9.54. The molecular weight excluding hydrogens is 358 g/mol. The van der Waals surface area contributed by atoms with E-state index in [1.165, 1.54) is 24.3 Å². The number of amides is 2. The Morgan fingerprint density at radius 2 is 1.81 bits per heavy atom. The highest BCUT2D eigenvalue weighted by Crippen LogP contribution is 2.34. The lowest BCUT2D eigenvalue weighted by molar-refractivity contribution is -0.122. The maximum absolute atomic E-state index is 12.5. The van der Waals surface area contributed by atoms with E-state index in [0.29, 0.717) is 22.7 Å². The standard InChI is InChI=1S/C17H17N3O5S/c1-26(23,24)20-10-15(25-14-5-3-2-4-13(14)20)17(22)19-12-8-6-11(7-9-12)16(18)21/h2-9,15H,10H2,1H3,(H2,18,21)(H,19,22). The number of nitrogens with one attached hydrogen (secondary N) is 1. The normalized spacial score (nSPS) is 16.3. The molecule has 1 atom stereocenters. The Bertz CT molecular complexity index is 957. The number of nitrogens with two attached hydrogens (primary N) is 1. The van der Waals surface area contributed by atoms with E-state index in [2.05, 4.69) is 5.32 Å². The summed E-state index contributed by atoms with van der Waals surface area (Å²) in [6.45, 7) is -0.138. The molecule has 2 aromatic rings. The topological polar surface area (TPSA) is 119 Å². The van der Waals surface area contributed by atoms with Gasteiger partial charge in [-0.3, -0.25) is 13.9 Å². The summed E-state index contributed by atoms with van der Waals surface area (Å²) < 4.78 is 30.9. The molecular formula is C17H17N3O5S. The number of ether oxygens (including phenoxy) is 1. The van der Waals surface area contributed by atoms with Crippen LogP contribution in [0.25, 0.3) is 0 Å². The molecule has 0 fully saturated rings. The van der Waals surface area contributed by atoms with Gasteiger partial charge in [-0.1, -0.05) is 12.1 Å². The lowest BCUT2D eigenvalue weighted by atomic mass is 10.2.